The zero-order valence-electron chi connectivity index (χ0n) is 19.3. The molecule has 1 aromatic heterocycles. The Bertz CT molecular complexity index is 1140. The van der Waals surface area contributed by atoms with Crippen molar-refractivity contribution in [2.24, 2.45) is 11.8 Å². The number of anilines is 1. The normalized spacial score (nSPS) is 13.9. The van der Waals surface area contributed by atoms with Gasteiger partial charge in [0, 0.05) is 11.5 Å². The molecule has 2 amide bonds. The van der Waals surface area contributed by atoms with Crippen molar-refractivity contribution in [3.05, 3.63) is 72.5 Å². The van der Waals surface area contributed by atoms with Gasteiger partial charge in [0.2, 0.25) is 11.8 Å². The predicted molar refractivity (Wildman–Crippen MR) is 129 cm³/mol. The lowest BCUT2D eigenvalue weighted by Crippen LogP contribution is -2.45. The molecule has 0 bridgehead atoms. The lowest BCUT2D eigenvalue weighted by molar-refractivity contribution is -0.127. The van der Waals surface area contributed by atoms with Gasteiger partial charge in [-0.2, -0.15) is 0 Å². The van der Waals surface area contributed by atoms with E-state index in [1.165, 1.54) is 12.1 Å². The fraction of sp³-hybridized carbons (Fsp3) is 0.296. The van der Waals surface area contributed by atoms with E-state index in [2.05, 4.69) is 15.6 Å². The fourth-order valence-corrected chi connectivity index (χ4v) is 3.55. The van der Waals surface area contributed by atoms with E-state index in [0.717, 1.165) is 18.4 Å². The highest BCUT2D eigenvalue weighted by molar-refractivity contribution is 5.97. The maximum atomic E-state index is 13.1. The second kappa shape index (κ2) is 10.5. The predicted octanol–water partition coefficient (Wildman–Crippen LogP) is 5.56. The molecule has 1 saturated carbocycles. The summed E-state index contributed by atoms with van der Waals surface area (Å²) in [6.07, 6.45) is 2.33. The van der Waals surface area contributed by atoms with Gasteiger partial charge in [0.05, 0.1) is 5.69 Å². The smallest absolute Gasteiger partial charge is 0.248 e. The van der Waals surface area contributed by atoms with Crippen LogP contribution in [0.5, 0.6) is 11.5 Å². The van der Waals surface area contributed by atoms with Gasteiger partial charge in [-0.1, -0.05) is 19.9 Å². The van der Waals surface area contributed by atoms with Gasteiger partial charge in [-0.05, 0) is 85.8 Å². The molecule has 1 heterocycles. The van der Waals surface area contributed by atoms with Crippen LogP contribution in [0.15, 0.2) is 66.7 Å². The summed E-state index contributed by atoms with van der Waals surface area (Å²) in [4.78, 5) is 29.7. The van der Waals surface area contributed by atoms with E-state index in [4.69, 9.17) is 4.74 Å². The second-order valence-corrected chi connectivity index (χ2v) is 8.94. The van der Waals surface area contributed by atoms with Gasteiger partial charge in [0.15, 0.2) is 0 Å². The Morgan fingerprint density at radius 3 is 2.26 bits per heavy atom. The molecule has 0 radical (unpaired) electrons. The summed E-state index contributed by atoms with van der Waals surface area (Å²) in [5, 5.41) is 5.74. The molecule has 0 spiro atoms. The van der Waals surface area contributed by atoms with Crippen LogP contribution in [0, 0.1) is 17.7 Å². The van der Waals surface area contributed by atoms with Crippen LogP contribution < -0.4 is 15.4 Å². The molecule has 4 rings (SSSR count). The fourth-order valence-electron chi connectivity index (χ4n) is 3.55. The molecule has 34 heavy (non-hydrogen) atoms. The van der Waals surface area contributed by atoms with Crippen molar-refractivity contribution in [2.75, 3.05) is 5.32 Å². The average molecular weight is 462 g/mol. The molecule has 2 N–H and O–H groups in total. The summed E-state index contributed by atoms with van der Waals surface area (Å²) in [5.74, 6) is 1.24. The Morgan fingerprint density at radius 2 is 1.65 bits per heavy atom. The minimum absolute atomic E-state index is 0.0407. The molecule has 1 fully saturated rings. The molecule has 1 aliphatic rings. The van der Waals surface area contributed by atoms with Crippen molar-refractivity contribution in [1.82, 2.24) is 10.3 Å². The number of pyridine rings is 1. The van der Waals surface area contributed by atoms with Gasteiger partial charge < -0.3 is 15.4 Å². The number of halogens is 1. The Kier molecular flexibility index (Phi) is 7.21. The third-order valence-corrected chi connectivity index (χ3v) is 5.49. The minimum Gasteiger partial charge on any atom is -0.457 e. The molecule has 6 nitrogen and oxygen atoms in total. The summed E-state index contributed by atoms with van der Waals surface area (Å²) in [6, 6.07) is 18.0. The van der Waals surface area contributed by atoms with Gasteiger partial charge in [0.1, 0.15) is 29.2 Å². The van der Waals surface area contributed by atoms with Crippen molar-refractivity contribution < 1.29 is 18.7 Å². The number of hydrogen-bond acceptors (Lipinski definition) is 4. The molecule has 176 valence electrons. The van der Waals surface area contributed by atoms with Gasteiger partial charge in [-0.25, -0.2) is 9.37 Å². The van der Waals surface area contributed by atoms with Crippen LogP contribution in [-0.2, 0) is 9.59 Å². The van der Waals surface area contributed by atoms with Crippen LogP contribution in [0.1, 0.15) is 33.1 Å². The van der Waals surface area contributed by atoms with E-state index < -0.39 is 6.04 Å². The first kappa shape index (κ1) is 23.4. The lowest BCUT2D eigenvalue weighted by Gasteiger charge is -2.20. The largest absolute Gasteiger partial charge is 0.457 e. The number of amides is 2. The first-order valence-corrected chi connectivity index (χ1v) is 11.5. The van der Waals surface area contributed by atoms with Crippen molar-refractivity contribution in [3.63, 3.8) is 0 Å². The van der Waals surface area contributed by atoms with Crippen molar-refractivity contribution in [3.8, 4) is 22.8 Å². The highest BCUT2D eigenvalue weighted by Crippen LogP contribution is 2.29. The first-order chi connectivity index (χ1) is 16.4. The number of hydrogen-bond donors (Lipinski definition) is 2. The highest BCUT2D eigenvalue weighted by atomic mass is 19.1. The summed E-state index contributed by atoms with van der Waals surface area (Å²) in [7, 11) is 0. The highest BCUT2D eigenvalue weighted by Gasteiger charge is 2.32. The number of nitrogens with one attached hydrogen (secondary N) is 2. The Balaban J connectivity index is 1.42. The number of nitrogens with zero attached hydrogens (tertiary/aromatic N) is 1. The van der Waals surface area contributed by atoms with Gasteiger partial charge in [0.25, 0.3) is 0 Å². The Morgan fingerprint density at radius 1 is 1.00 bits per heavy atom. The first-order valence-electron chi connectivity index (χ1n) is 11.5. The molecule has 7 heteroatoms. The molecule has 0 aliphatic heterocycles. The second-order valence-electron chi connectivity index (χ2n) is 8.94. The van der Waals surface area contributed by atoms with E-state index in [1.807, 2.05) is 38.1 Å². The number of benzene rings is 2. The van der Waals surface area contributed by atoms with Gasteiger partial charge in [-0.3, -0.25) is 9.59 Å². The van der Waals surface area contributed by atoms with Gasteiger partial charge in [-0.15, -0.1) is 0 Å². The van der Waals surface area contributed by atoms with E-state index >= 15 is 0 Å². The number of rotatable bonds is 9. The Hall–Kier alpha value is -3.74. The summed E-state index contributed by atoms with van der Waals surface area (Å²) < 4.78 is 18.8. The zero-order chi connectivity index (χ0) is 24.1. The molecule has 1 aliphatic carbocycles. The van der Waals surface area contributed by atoms with E-state index in [0.29, 0.717) is 29.4 Å². The van der Waals surface area contributed by atoms with E-state index in [-0.39, 0.29) is 29.5 Å². The van der Waals surface area contributed by atoms with Crippen LogP contribution in [0.25, 0.3) is 11.3 Å². The maximum Gasteiger partial charge on any atom is 0.248 e. The third kappa shape index (κ3) is 6.41. The van der Waals surface area contributed by atoms with Crippen LogP contribution >= 0.6 is 0 Å². The zero-order valence-corrected chi connectivity index (χ0v) is 19.3. The number of aromatic nitrogens is 1. The van der Waals surface area contributed by atoms with E-state index in [1.54, 1.807) is 30.3 Å². The molecule has 3 aromatic rings. The molecule has 1 unspecified atom stereocenters. The molecule has 0 saturated heterocycles. The van der Waals surface area contributed by atoms with Crippen LogP contribution in [0.2, 0.25) is 0 Å². The van der Waals surface area contributed by atoms with Crippen LogP contribution in [0.3, 0.4) is 0 Å². The van der Waals surface area contributed by atoms with E-state index in [9.17, 15) is 14.0 Å². The van der Waals surface area contributed by atoms with Gasteiger partial charge >= 0.3 is 0 Å². The standard InChI is InChI=1S/C27H28FN3O3/c1-17(2)16-24(30-26(32)19-6-7-19)27(33)31-25-5-3-4-23(29-25)18-8-12-21(13-9-18)34-22-14-10-20(28)11-15-22/h3-5,8-15,17,19,24H,6-7,16H2,1-2H3,(H,30,32)(H,29,31,33). The molecule has 2 aromatic carbocycles. The van der Waals surface area contributed by atoms with Crippen molar-refractivity contribution in [1.29, 1.82) is 0 Å². The lowest BCUT2D eigenvalue weighted by atomic mass is 10.0. The number of ether oxygens (including phenoxy) is 1. The Labute approximate surface area is 198 Å². The third-order valence-electron chi connectivity index (χ3n) is 5.49. The quantitative estimate of drug-likeness (QED) is 0.437. The van der Waals surface area contributed by atoms with Crippen LogP contribution in [-0.4, -0.2) is 22.8 Å². The monoisotopic (exact) mass is 461 g/mol. The summed E-state index contributed by atoms with van der Waals surface area (Å²) >= 11 is 0. The topological polar surface area (TPSA) is 80.3 Å². The molecule has 1 atom stereocenters. The maximum absolute atomic E-state index is 13.1. The minimum atomic E-state index is -0.596. The van der Waals surface area contributed by atoms with Crippen molar-refractivity contribution >= 4 is 17.6 Å². The van der Waals surface area contributed by atoms with Crippen molar-refractivity contribution in [2.45, 2.75) is 39.2 Å². The number of carbonyl (C=O) groups excluding carboxylic acids is 2. The number of carbonyl (C=O) groups is 2. The molecular formula is C27H28FN3O3. The summed E-state index contributed by atoms with van der Waals surface area (Å²) in [6.45, 7) is 4.04. The van der Waals surface area contributed by atoms with Crippen LogP contribution in [0.4, 0.5) is 10.2 Å². The molecular weight excluding hydrogens is 433 g/mol. The summed E-state index contributed by atoms with van der Waals surface area (Å²) in [5.41, 5.74) is 1.54. The average Bonchev–Trinajstić information content (AvgIpc) is 3.66. The SMILES string of the molecule is CC(C)CC(NC(=O)C1CC1)C(=O)Nc1cccc(-c2ccc(Oc3ccc(F)cc3)cc2)n1.